The van der Waals surface area contributed by atoms with Crippen LogP contribution in [0.5, 0.6) is 5.88 Å². The third-order valence-electron chi connectivity index (χ3n) is 3.71. The average molecular weight is 264 g/mol. The molecular weight excluding hydrogens is 240 g/mol. The van der Waals surface area contributed by atoms with Crippen molar-refractivity contribution in [2.24, 2.45) is 5.73 Å². The van der Waals surface area contributed by atoms with Crippen LogP contribution in [0.25, 0.3) is 0 Å². The third-order valence-corrected chi connectivity index (χ3v) is 3.71. The van der Waals surface area contributed by atoms with Gasteiger partial charge >= 0.3 is 0 Å². The lowest BCUT2D eigenvalue weighted by molar-refractivity contribution is 0.323. The minimum absolute atomic E-state index is 0.201. The molecule has 0 saturated heterocycles. The van der Waals surface area contributed by atoms with E-state index in [0.29, 0.717) is 18.5 Å². The van der Waals surface area contributed by atoms with Crippen LogP contribution in [-0.2, 0) is 0 Å². The van der Waals surface area contributed by atoms with E-state index < -0.39 is 0 Å². The molecular formula is C14H24N4O. The Hall–Kier alpha value is -1.36. The number of hydrogen-bond donors (Lipinski definition) is 2. The van der Waals surface area contributed by atoms with Crippen molar-refractivity contribution in [2.45, 2.75) is 58.0 Å². The summed E-state index contributed by atoms with van der Waals surface area (Å²) in [7, 11) is 0. The highest BCUT2D eigenvalue weighted by molar-refractivity contribution is 5.48. The topological polar surface area (TPSA) is 73.1 Å². The Morgan fingerprint density at radius 3 is 2.89 bits per heavy atom. The highest BCUT2D eigenvalue weighted by atomic mass is 16.5. The van der Waals surface area contributed by atoms with E-state index in [4.69, 9.17) is 10.5 Å². The molecule has 1 heterocycles. The fourth-order valence-corrected chi connectivity index (χ4v) is 2.55. The van der Waals surface area contributed by atoms with Crippen LogP contribution in [0.3, 0.4) is 0 Å². The SMILES string of the molecule is CCOc1ncnc(NC2CCCCCC2N)c1C. The van der Waals surface area contributed by atoms with Crippen LogP contribution in [0.4, 0.5) is 5.82 Å². The Balaban J connectivity index is 2.11. The van der Waals surface area contributed by atoms with Crippen molar-refractivity contribution in [2.75, 3.05) is 11.9 Å². The second kappa shape index (κ2) is 6.70. The molecule has 2 unspecified atom stereocenters. The molecule has 5 heteroatoms. The van der Waals surface area contributed by atoms with Gasteiger partial charge in [-0.3, -0.25) is 0 Å². The van der Waals surface area contributed by atoms with Gasteiger partial charge in [-0.2, -0.15) is 0 Å². The summed E-state index contributed by atoms with van der Waals surface area (Å²) in [6.07, 6.45) is 7.47. The van der Waals surface area contributed by atoms with E-state index in [1.807, 2.05) is 13.8 Å². The molecule has 0 spiro atoms. The monoisotopic (exact) mass is 264 g/mol. The van der Waals surface area contributed by atoms with Gasteiger partial charge in [0.15, 0.2) is 0 Å². The molecule has 0 aliphatic heterocycles. The summed E-state index contributed by atoms with van der Waals surface area (Å²) in [5.41, 5.74) is 7.20. The lowest BCUT2D eigenvalue weighted by atomic mass is 10.0. The molecule has 1 aliphatic rings. The second-order valence-corrected chi connectivity index (χ2v) is 5.14. The summed E-state index contributed by atoms with van der Waals surface area (Å²) in [6, 6.07) is 0.498. The largest absolute Gasteiger partial charge is 0.478 e. The van der Waals surface area contributed by atoms with Crippen molar-refractivity contribution in [3.8, 4) is 5.88 Å². The lowest BCUT2D eigenvalue weighted by Gasteiger charge is -2.24. The van der Waals surface area contributed by atoms with Gasteiger partial charge in [-0.25, -0.2) is 9.97 Å². The van der Waals surface area contributed by atoms with Crippen molar-refractivity contribution in [3.63, 3.8) is 0 Å². The Labute approximate surface area is 115 Å². The predicted octanol–water partition coefficient (Wildman–Crippen LogP) is 2.26. The Bertz CT molecular complexity index is 410. The Kier molecular flexibility index (Phi) is 4.96. The summed E-state index contributed by atoms with van der Waals surface area (Å²) < 4.78 is 5.50. The number of hydrogen-bond acceptors (Lipinski definition) is 5. The predicted molar refractivity (Wildman–Crippen MR) is 76.4 cm³/mol. The number of nitrogens with two attached hydrogens (primary N) is 1. The normalized spacial score (nSPS) is 23.7. The van der Waals surface area contributed by atoms with Gasteiger partial charge in [0.1, 0.15) is 12.1 Å². The molecule has 0 amide bonds. The first-order chi connectivity index (χ1) is 9.22. The number of rotatable bonds is 4. The van der Waals surface area contributed by atoms with E-state index in [-0.39, 0.29) is 6.04 Å². The zero-order chi connectivity index (χ0) is 13.7. The number of anilines is 1. The number of aromatic nitrogens is 2. The van der Waals surface area contributed by atoms with Gasteiger partial charge in [0.05, 0.1) is 12.2 Å². The second-order valence-electron chi connectivity index (χ2n) is 5.14. The highest BCUT2D eigenvalue weighted by Crippen LogP contribution is 2.24. The summed E-state index contributed by atoms with van der Waals surface area (Å²) in [5, 5.41) is 3.48. The summed E-state index contributed by atoms with van der Waals surface area (Å²) in [5.74, 6) is 1.50. The molecule has 1 saturated carbocycles. The van der Waals surface area contributed by atoms with Gasteiger partial charge in [0, 0.05) is 12.1 Å². The first-order valence-electron chi connectivity index (χ1n) is 7.19. The van der Waals surface area contributed by atoms with E-state index in [9.17, 15) is 0 Å². The van der Waals surface area contributed by atoms with Crippen LogP contribution >= 0.6 is 0 Å². The fraction of sp³-hybridized carbons (Fsp3) is 0.714. The molecule has 3 N–H and O–H groups in total. The Morgan fingerprint density at radius 1 is 1.32 bits per heavy atom. The van der Waals surface area contributed by atoms with Crippen LogP contribution in [0.2, 0.25) is 0 Å². The molecule has 2 atom stereocenters. The minimum atomic E-state index is 0.201. The standard InChI is InChI=1S/C14H24N4O/c1-3-19-14-10(2)13(16-9-17-14)18-12-8-6-4-5-7-11(12)15/h9,11-12H,3-8,15H2,1-2H3,(H,16,17,18). The zero-order valence-corrected chi connectivity index (χ0v) is 11.9. The van der Waals surface area contributed by atoms with Crippen LogP contribution in [-0.4, -0.2) is 28.7 Å². The van der Waals surface area contributed by atoms with Gasteiger partial charge in [-0.05, 0) is 26.7 Å². The number of ether oxygens (including phenoxy) is 1. The molecule has 106 valence electrons. The van der Waals surface area contributed by atoms with Crippen LogP contribution in [0.1, 0.15) is 44.6 Å². The molecule has 19 heavy (non-hydrogen) atoms. The van der Waals surface area contributed by atoms with Gasteiger partial charge in [-0.1, -0.05) is 19.3 Å². The molecule has 1 aliphatic carbocycles. The van der Waals surface area contributed by atoms with Gasteiger partial charge < -0.3 is 15.8 Å². The van der Waals surface area contributed by atoms with Crippen molar-refractivity contribution in [1.82, 2.24) is 9.97 Å². The molecule has 0 aromatic carbocycles. The quantitative estimate of drug-likeness (QED) is 0.816. The van der Waals surface area contributed by atoms with Crippen molar-refractivity contribution < 1.29 is 4.74 Å². The molecule has 0 radical (unpaired) electrons. The first kappa shape index (κ1) is 14.1. The van der Waals surface area contributed by atoms with Gasteiger partial charge in [0.2, 0.25) is 5.88 Å². The highest BCUT2D eigenvalue weighted by Gasteiger charge is 2.21. The molecule has 1 aromatic rings. The average Bonchev–Trinajstić information content (AvgIpc) is 2.60. The van der Waals surface area contributed by atoms with Crippen LogP contribution < -0.4 is 15.8 Å². The zero-order valence-electron chi connectivity index (χ0n) is 11.9. The fourth-order valence-electron chi connectivity index (χ4n) is 2.55. The van der Waals surface area contributed by atoms with Gasteiger partial charge in [0.25, 0.3) is 0 Å². The summed E-state index contributed by atoms with van der Waals surface area (Å²) in [6.45, 7) is 4.55. The van der Waals surface area contributed by atoms with Crippen molar-refractivity contribution in [3.05, 3.63) is 11.9 Å². The van der Waals surface area contributed by atoms with Crippen LogP contribution in [0, 0.1) is 6.92 Å². The first-order valence-corrected chi connectivity index (χ1v) is 7.19. The maximum absolute atomic E-state index is 6.24. The van der Waals surface area contributed by atoms with Crippen molar-refractivity contribution in [1.29, 1.82) is 0 Å². The van der Waals surface area contributed by atoms with Crippen LogP contribution in [0.15, 0.2) is 6.33 Å². The molecule has 0 bridgehead atoms. The van der Waals surface area contributed by atoms with E-state index in [2.05, 4.69) is 15.3 Å². The molecule has 1 aromatic heterocycles. The van der Waals surface area contributed by atoms with E-state index in [0.717, 1.165) is 24.2 Å². The summed E-state index contributed by atoms with van der Waals surface area (Å²) >= 11 is 0. The number of nitrogens with one attached hydrogen (secondary N) is 1. The maximum Gasteiger partial charge on any atom is 0.221 e. The van der Waals surface area contributed by atoms with E-state index in [1.165, 1.54) is 19.3 Å². The number of nitrogens with zero attached hydrogens (tertiary/aromatic N) is 2. The molecule has 5 nitrogen and oxygen atoms in total. The van der Waals surface area contributed by atoms with E-state index >= 15 is 0 Å². The van der Waals surface area contributed by atoms with E-state index in [1.54, 1.807) is 6.33 Å². The summed E-state index contributed by atoms with van der Waals surface area (Å²) in [4.78, 5) is 8.48. The lowest BCUT2D eigenvalue weighted by Crippen LogP contribution is -2.39. The molecule has 1 fully saturated rings. The Morgan fingerprint density at radius 2 is 2.11 bits per heavy atom. The van der Waals surface area contributed by atoms with Gasteiger partial charge in [-0.15, -0.1) is 0 Å². The van der Waals surface area contributed by atoms with Crippen molar-refractivity contribution >= 4 is 5.82 Å². The smallest absolute Gasteiger partial charge is 0.221 e. The molecule has 2 rings (SSSR count). The third kappa shape index (κ3) is 3.56. The minimum Gasteiger partial charge on any atom is -0.478 e. The maximum atomic E-state index is 6.24.